The lowest BCUT2D eigenvalue weighted by molar-refractivity contribution is 0.665. The van der Waals surface area contributed by atoms with Crippen molar-refractivity contribution in [3.05, 3.63) is 34.9 Å². The van der Waals surface area contributed by atoms with E-state index in [0.29, 0.717) is 0 Å². The molecule has 0 aliphatic heterocycles. The van der Waals surface area contributed by atoms with Crippen LogP contribution in [0.5, 0.6) is 0 Å². The lowest BCUT2D eigenvalue weighted by atomic mass is 9.98. The van der Waals surface area contributed by atoms with Crippen molar-refractivity contribution in [2.24, 2.45) is 0 Å². The summed E-state index contributed by atoms with van der Waals surface area (Å²) in [7, 11) is 0. The zero-order valence-corrected chi connectivity index (χ0v) is 9.69. The molecule has 1 aromatic rings. The van der Waals surface area contributed by atoms with Gasteiger partial charge in [0.2, 0.25) is 0 Å². The maximum absolute atomic E-state index is 3.35. The first-order chi connectivity index (χ1) is 6.75. The topological polar surface area (TPSA) is 0 Å². The molecular formula is C14H21. The fourth-order valence-electron chi connectivity index (χ4n) is 1.73. The molecule has 0 N–H and O–H groups in total. The highest BCUT2D eigenvalue weighted by atomic mass is 14.0. The molecule has 0 nitrogen and oxygen atoms in total. The summed E-state index contributed by atoms with van der Waals surface area (Å²) in [5, 5.41) is 0. The van der Waals surface area contributed by atoms with Crippen LogP contribution in [-0.2, 0) is 6.42 Å². The number of rotatable bonds is 5. The molecule has 1 rings (SSSR count). The van der Waals surface area contributed by atoms with Crippen LogP contribution in [0.15, 0.2) is 12.1 Å². The van der Waals surface area contributed by atoms with Crippen molar-refractivity contribution in [2.45, 2.75) is 52.9 Å². The van der Waals surface area contributed by atoms with Gasteiger partial charge >= 0.3 is 0 Å². The molecule has 0 aromatic heterocycles. The second-order valence-corrected chi connectivity index (χ2v) is 4.07. The maximum atomic E-state index is 3.35. The average Bonchev–Trinajstić information content (AvgIpc) is 2.19. The van der Waals surface area contributed by atoms with Crippen molar-refractivity contribution in [2.75, 3.05) is 0 Å². The number of unbranched alkanes of at least 4 members (excludes halogenated alkanes) is 3. The van der Waals surface area contributed by atoms with Crippen LogP contribution in [0.2, 0.25) is 0 Å². The van der Waals surface area contributed by atoms with Crippen molar-refractivity contribution >= 4 is 0 Å². The van der Waals surface area contributed by atoms with Crippen molar-refractivity contribution in [3.8, 4) is 0 Å². The summed E-state index contributed by atoms with van der Waals surface area (Å²) in [6, 6.07) is 7.55. The predicted octanol–water partition coefficient (Wildman–Crippen LogP) is 4.23. The first-order valence-corrected chi connectivity index (χ1v) is 5.72. The molecule has 0 saturated carbocycles. The molecule has 0 unspecified atom stereocenters. The molecule has 0 spiro atoms. The summed E-state index contributed by atoms with van der Waals surface area (Å²) in [6.45, 7) is 6.64. The van der Waals surface area contributed by atoms with Gasteiger partial charge in [0.15, 0.2) is 0 Å². The SMILES string of the molecule is CCCCCCc1[c]ccc(C)c1C. The van der Waals surface area contributed by atoms with Gasteiger partial charge in [0, 0.05) is 0 Å². The third-order valence-electron chi connectivity index (χ3n) is 2.92. The normalized spacial score (nSPS) is 10.5. The molecule has 0 aliphatic carbocycles. The molecule has 0 saturated heterocycles. The van der Waals surface area contributed by atoms with Crippen molar-refractivity contribution in [3.63, 3.8) is 0 Å². The second-order valence-electron chi connectivity index (χ2n) is 4.07. The van der Waals surface area contributed by atoms with E-state index in [0.717, 1.165) is 0 Å². The fraction of sp³-hybridized carbons (Fsp3) is 0.571. The minimum atomic E-state index is 1.20. The number of aryl methyl sites for hydroxylation is 2. The maximum Gasteiger partial charge on any atom is -0.0146 e. The van der Waals surface area contributed by atoms with Crippen molar-refractivity contribution in [1.29, 1.82) is 0 Å². The van der Waals surface area contributed by atoms with Crippen LogP contribution in [0, 0.1) is 19.9 Å². The average molecular weight is 189 g/mol. The van der Waals surface area contributed by atoms with Gasteiger partial charge < -0.3 is 0 Å². The molecule has 0 fully saturated rings. The predicted molar refractivity (Wildman–Crippen MR) is 62.6 cm³/mol. The molecule has 77 valence electrons. The van der Waals surface area contributed by atoms with E-state index in [1.54, 1.807) is 0 Å². The summed E-state index contributed by atoms with van der Waals surface area (Å²) in [5.41, 5.74) is 4.25. The molecular weight excluding hydrogens is 168 g/mol. The molecule has 1 aromatic carbocycles. The number of benzene rings is 1. The smallest absolute Gasteiger partial charge is 0.0146 e. The summed E-state index contributed by atoms with van der Waals surface area (Å²) < 4.78 is 0. The van der Waals surface area contributed by atoms with Crippen molar-refractivity contribution < 1.29 is 0 Å². The Balaban J connectivity index is 2.46. The van der Waals surface area contributed by atoms with Gasteiger partial charge in [0.25, 0.3) is 0 Å². The van der Waals surface area contributed by atoms with Crippen LogP contribution >= 0.6 is 0 Å². The Labute approximate surface area is 88.4 Å². The van der Waals surface area contributed by atoms with Gasteiger partial charge in [0.1, 0.15) is 0 Å². The Bertz CT molecular complexity index is 273. The Morgan fingerprint density at radius 1 is 1.14 bits per heavy atom. The van der Waals surface area contributed by atoms with Gasteiger partial charge in [-0.15, -0.1) is 0 Å². The minimum absolute atomic E-state index is 1.20. The lowest BCUT2D eigenvalue weighted by Crippen LogP contribution is -1.92. The summed E-state index contributed by atoms with van der Waals surface area (Å²) in [6.07, 6.45) is 6.56. The second kappa shape index (κ2) is 5.85. The first kappa shape index (κ1) is 11.3. The molecule has 0 heterocycles. The number of hydrogen-bond donors (Lipinski definition) is 0. The number of hydrogen-bond acceptors (Lipinski definition) is 0. The Kier molecular flexibility index (Phi) is 4.72. The molecule has 0 atom stereocenters. The minimum Gasteiger partial charge on any atom is -0.0654 e. The summed E-state index contributed by atoms with van der Waals surface area (Å²) in [5.74, 6) is 0. The van der Waals surface area contributed by atoms with Crippen LogP contribution in [-0.4, -0.2) is 0 Å². The molecule has 0 amide bonds. The highest BCUT2D eigenvalue weighted by molar-refractivity contribution is 5.32. The van der Waals surface area contributed by atoms with E-state index in [1.807, 2.05) is 0 Å². The van der Waals surface area contributed by atoms with E-state index in [1.165, 1.54) is 48.8 Å². The quantitative estimate of drug-likeness (QED) is 0.608. The van der Waals surface area contributed by atoms with E-state index in [-0.39, 0.29) is 0 Å². The standard InChI is InChI=1S/C14H21/c1-4-5-6-7-10-14-11-8-9-12(2)13(14)3/h8-9H,4-7,10H2,1-3H3. The van der Waals surface area contributed by atoms with Gasteiger partial charge in [-0.2, -0.15) is 0 Å². The van der Waals surface area contributed by atoms with E-state index in [2.05, 4.69) is 39.0 Å². The zero-order chi connectivity index (χ0) is 10.4. The van der Waals surface area contributed by atoms with E-state index < -0.39 is 0 Å². The highest BCUT2D eigenvalue weighted by Gasteiger charge is 2.00. The van der Waals surface area contributed by atoms with Crippen molar-refractivity contribution in [1.82, 2.24) is 0 Å². The van der Waals surface area contributed by atoms with Gasteiger partial charge in [-0.3, -0.25) is 0 Å². The summed E-state index contributed by atoms with van der Waals surface area (Å²) >= 11 is 0. The van der Waals surface area contributed by atoms with Gasteiger partial charge in [-0.25, -0.2) is 0 Å². The third kappa shape index (κ3) is 3.17. The largest absolute Gasteiger partial charge is 0.0654 e. The van der Waals surface area contributed by atoms with E-state index >= 15 is 0 Å². The van der Waals surface area contributed by atoms with Gasteiger partial charge in [0.05, 0.1) is 0 Å². The van der Waals surface area contributed by atoms with Crippen LogP contribution in [0.1, 0.15) is 49.3 Å². The van der Waals surface area contributed by atoms with Gasteiger partial charge in [-0.05, 0) is 49.4 Å². The molecule has 0 bridgehead atoms. The zero-order valence-electron chi connectivity index (χ0n) is 9.69. The van der Waals surface area contributed by atoms with E-state index in [4.69, 9.17) is 0 Å². The molecule has 1 radical (unpaired) electrons. The lowest BCUT2D eigenvalue weighted by Gasteiger charge is -2.07. The highest BCUT2D eigenvalue weighted by Crippen LogP contribution is 2.15. The van der Waals surface area contributed by atoms with Crippen LogP contribution in [0.3, 0.4) is 0 Å². The third-order valence-corrected chi connectivity index (χ3v) is 2.92. The van der Waals surface area contributed by atoms with Crippen LogP contribution < -0.4 is 0 Å². The first-order valence-electron chi connectivity index (χ1n) is 5.72. The Hall–Kier alpha value is -0.780. The van der Waals surface area contributed by atoms with Crippen LogP contribution in [0.25, 0.3) is 0 Å². The summed E-state index contributed by atoms with van der Waals surface area (Å²) in [4.78, 5) is 0. The Morgan fingerprint density at radius 3 is 2.64 bits per heavy atom. The van der Waals surface area contributed by atoms with E-state index in [9.17, 15) is 0 Å². The fourth-order valence-corrected chi connectivity index (χ4v) is 1.73. The van der Waals surface area contributed by atoms with Crippen LogP contribution in [0.4, 0.5) is 0 Å². The monoisotopic (exact) mass is 189 g/mol. The van der Waals surface area contributed by atoms with Gasteiger partial charge in [-0.1, -0.05) is 38.3 Å². The molecule has 0 aliphatic rings. The Morgan fingerprint density at radius 2 is 1.93 bits per heavy atom. The molecule has 14 heavy (non-hydrogen) atoms. The molecule has 0 heteroatoms.